The van der Waals surface area contributed by atoms with Gasteiger partial charge in [-0.3, -0.25) is 0 Å². The first-order chi connectivity index (χ1) is 12.5. The highest BCUT2D eigenvalue weighted by Crippen LogP contribution is 2.30. The Hall–Kier alpha value is -2.15. The first kappa shape index (κ1) is 19.6. The van der Waals surface area contributed by atoms with Crippen molar-refractivity contribution >= 4 is 23.6 Å². The van der Waals surface area contributed by atoms with Crippen LogP contribution in [0.4, 0.5) is 5.69 Å². The van der Waals surface area contributed by atoms with E-state index in [9.17, 15) is 0 Å². The van der Waals surface area contributed by atoms with Gasteiger partial charge in [0.25, 0.3) is 0 Å². The first-order valence-corrected chi connectivity index (χ1v) is 8.99. The van der Waals surface area contributed by atoms with Gasteiger partial charge in [-0.15, -0.1) is 12.4 Å². The second kappa shape index (κ2) is 7.46. The smallest absolute Gasteiger partial charge is 0.137 e. The van der Waals surface area contributed by atoms with Gasteiger partial charge in [0.2, 0.25) is 0 Å². The normalized spacial score (nSPS) is 16.4. The molecule has 0 amide bonds. The summed E-state index contributed by atoms with van der Waals surface area (Å²) in [7, 11) is 0. The van der Waals surface area contributed by atoms with E-state index in [1.807, 2.05) is 4.52 Å². The molecule has 2 aromatic heterocycles. The molecule has 1 aliphatic rings. The number of morpholine rings is 1. The molecule has 3 aromatic rings. The standard InChI is InChI=1S/C20H25N5O.ClH/c1-14-8-15(4-5-16(14)10-21)19-18-9-17(11-25(18)23-13-22-19)24-6-7-26-20(2,3)12-24;/h4-5,8-9,11,13H,6-7,10,12,21H2,1-3H3;1H. The number of benzene rings is 1. The van der Waals surface area contributed by atoms with Gasteiger partial charge in [-0.2, -0.15) is 5.10 Å². The lowest BCUT2D eigenvalue weighted by atomic mass is 10.0. The summed E-state index contributed by atoms with van der Waals surface area (Å²) in [4.78, 5) is 6.91. The molecule has 0 unspecified atom stereocenters. The number of halogens is 1. The summed E-state index contributed by atoms with van der Waals surface area (Å²) in [5.74, 6) is 0. The van der Waals surface area contributed by atoms with Gasteiger partial charge in [0, 0.05) is 25.2 Å². The van der Waals surface area contributed by atoms with Gasteiger partial charge in [-0.25, -0.2) is 9.50 Å². The van der Waals surface area contributed by atoms with Crippen LogP contribution >= 0.6 is 12.4 Å². The zero-order valence-electron chi connectivity index (χ0n) is 16.0. The molecule has 0 aliphatic carbocycles. The van der Waals surface area contributed by atoms with Gasteiger partial charge < -0.3 is 15.4 Å². The molecule has 6 nitrogen and oxygen atoms in total. The topological polar surface area (TPSA) is 68.7 Å². The van der Waals surface area contributed by atoms with Gasteiger partial charge in [0.1, 0.15) is 6.33 Å². The van der Waals surface area contributed by atoms with E-state index in [1.165, 1.54) is 5.56 Å². The third-order valence-electron chi connectivity index (χ3n) is 5.02. The number of anilines is 1. The fraction of sp³-hybridized carbons (Fsp3) is 0.400. The fourth-order valence-electron chi connectivity index (χ4n) is 3.62. The molecule has 2 N–H and O–H groups in total. The molecule has 0 atom stereocenters. The Balaban J connectivity index is 0.00000210. The van der Waals surface area contributed by atoms with Gasteiger partial charge in [0.15, 0.2) is 0 Å². The van der Waals surface area contributed by atoms with E-state index in [0.29, 0.717) is 6.54 Å². The lowest BCUT2D eigenvalue weighted by Gasteiger charge is -2.38. The average molecular weight is 388 g/mol. The maximum Gasteiger partial charge on any atom is 0.137 e. The Morgan fingerprint density at radius 3 is 2.78 bits per heavy atom. The second-order valence-corrected chi connectivity index (χ2v) is 7.51. The quantitative estimate of drug-likeness (QED) is 0.747. The van der Waals surface area contributed by atoms with Crippen molar-refractivity contribution in [1.82, 2.24) is 14.6 Å². The van der Waals surface area contributed by atoms with Crippen molar-refractivity contribution in [2.45, 2.75) is 32.9 Å². The van der Waals surface area contributed by atoms with Crippen molar-refractivity contribution in [2.24, 2.45) is 5.73 Å². The minimum absolute atomic E-state index is 0. The fourth-order valence-corrected chi connectivity index (χ4v) is 3.62. The van der Waals surface area contributed by atoms with Gasteiger partial charge in [-0.05, 0) is 44.0 Å². The monoisotopic (exact) mass is 387 g/mol. The Morgan fingerprint density at radius 2 is 2.07 bits per heavy atom. The van der Waals surface area contributed by atoms with Gasteiger partial charge in [0.05, 0.1) is 35.3 Å². The molecule has 0 saturated carbocycles. The van der Waals surface area contributed by atoms with Crippen LogP contribution in [0, 0.1) is 6.92 Å². The molecule has 1 saturated heterocycles. The van der Waals surface area contributed by atoms with E-state index in [4.69, 9.17) is 10.5 Å². The second-order valence-electron chi connectivity index (χ2n) is 7.51. The minimum Gasteiger partial charge on any atom is -0.372 e. The predicted octanol–water partition coefficient (Wildman–Crippen LogP) is 3.20. The molecule has 4 rings (SSSR count). The summed E-state index contributed by atoms with van der Waals surface area (Å²) in [6.45, 7) is 9.36. The molecular weight excluding hydrogens is 362 g/mol. The lowest BCUT2D eigenvalue weighted by Crippen LogP contribution is -2.48. The van der Waals surface area contributed by atoms with Crippen LogP contribution in [0.3, 0.4) is 0 Å². The third-order valence-corrected chi connectivity index (χ3v) is 5.02. The van der Waals surface area contributed by atoms with Crippen LogP contribution in [0.25, 0.3) is 16.8 Å². The van der Waals surface area contributed by atoms with Crippen molar-refractivity contribution in [2.75, 3.05) is 24.6 Å². The SMILES string of the molecule is Cc1cc(-c2ncnn3cc(N4CCOC(C)(C)C4)cc23)ccc1CN.Cl. The van der Waals surface area contributed by atoms with Crippen LogP contribution in [0.15, 0.2) is 36.8 Å². The number of hydrogen-bond donors (Lipinski definition) is 1. The highest BCUT2D eigenvalue weighted by Gasteiger charge is 2.28. The molecule has 1 aromatic carbocycles. The van der Waals surface area contributed by atoms with Crippen molar-refractivity contribution in [3.8, 4) is 11.3 Å². The summed E-state index contributed by atoms with van der Waals surface area (Å²) in [5.41, 5.74) is 12.2. The summed E-state index contributed by atoms with van der Waals surface area (Å²) < 4.78 is 7.74. The summed E-state index contributed by atoms with van der Waals surface area (Å²) in [6, 6.07) is 8.48. The van der Waals surface area contributed by atoms with E-state index in [-0.39, 0.29) is 18.0 Å². The van der Waals surface area contributed by atoms with Crippen LogP contribution in [-0.2, 0) is 11.3 Å². The number of hydrogen-bond acceptors (Lipinski definition) is 5. The van der Waals surface area contributed by atoms with Crippen molar-refractivity contribution in [1.29, 1.82) is 0 Å². The van der Waals surface area contributed by atoms with E-state index >= 15 is 0 Å². The summed E-state index contributed by atoms with van der Waals surface area (Å²) in [6.07, 6.45) is 3.69. The van der Waals surface area contributed by atoms with Crippen LogP contribution in [0.2, 0.25) is 0 Å². The summed E-state index contributed by atoms with van der Waals surface area (Å²) >= 11 is 0. The molecule has 1 fully saturated rings. The van der Waals surface area contributed by atoms with Gasteiger partial charge in [-0.1, -0.05) is 12.1 Å². The molecule has 144 valence electrons. The van der Waals surface area contributed by atoms with Crippen molar-refractivity contribution in [3.05, 3.63) is 47.9 Å². The van der Waals surface area contributed by atoms with Crippen molar-refractivity contribution < 1.29 is 4.74 Å². The minimum atomic E-state index is -0.143. The molecule has 1 aliphatic heterocycles. The Bertz CT molecular complexity index is 953. The van der Waals surface area contributed by atoms with E-state index in [2.05, 4.69) is 66.2 Å². The highest BCUT2D eigenvalue weighted by atomic mass is 35.5. The van der Waals surface area contributed by atoms with Crippen LogP contribution in [0.5, 0.6) is 0 Å². The number of nitrogens with zero attached hydrogens (tertiary/aromatic N) is 4. The zero-order valence-corrected chi connectivity index (χ0v) is 16.8. The van der Waals surface area contributed by atoms with E-state index in [0.717, 1.165) is 47.7 Å². The largest absolute Gasteiger partial charge is 0.372 e. The molecule has 0 spiro atoms. The number of fused-ring (bicyclic) bond motifs is 1. The van der Waals surface area contributed by atoms with Gasteiger partial charge >= 0.3 is 0 Å². The molecule has 3 heterocycles. The molecule has 7 heteroatoms. The Kier molecular flexibility index (Phi) is 5.42. The van der Waals surface area contributed by atoms with Crippen LogP contribution in [-0.4, -0.2) is 39.9 Å². The third kappa shape index (κ3) is 3.78. The van der Waals surface area contributed by atoms with E-state index in [1.54, 1.807) is 6.33 Å². The number of nitrogens with two attached hydrogens (primary N) is 1. The predicted molar refractivity (Wildman–Crippen MR) is 111 cm³/mol. The maximum atomic E-state index is 5.83. The van der Waals surface area contributed by atoms with Crippen molar-refractivity contribution in [3.63, 3.8) is 0 Å². The molecule has 0 radical (unpaired) electrons. The number of ether oxygens (including phenoxy) is 1. The van der Waals surface area contributed by atoms with Crippen LogP contribution < -0.4 is 10.6 Å². The summed E-state index contributed by atoms with van der Waals surface area (Å²) in [5, 5.41) is 4.40. The lowest BCUT2D eigenvalue weighted by molar-refractivity contribution is -0.0276. The molecule has 0 bridgehead atoms. The Morgan fingerprint density at radius 1 is 1.26 bits per heavy atom. The number of rotatable bonds is 3. The number of aromatic nitrogens is 3. The molecular formula is C20H26ClN5O. The average Bonchev–Trinajstić information content (AvgIpc) is 3.05. The molecule has 27 heavy (non-hydrogen) atoms. The Labute approximate surface area is 165 Å². The number of aryl methyl sites for hydroxylation is 1. The first-order valence-electron chi connectivity index (χ1n) is 8.99. The maximum absolute atomic E-state index is 5.83. The van der Waals surface area contributed by atoms with Crippen LogP contribution in [0.1, 0.15) is 25.0 Å². The zero-order chi connectivity index (χ0) is 18.3. The highest BCUT2D eigenvalue weighted by molar-refractivity contribution is 5.85. The van der Waals surface area contributed by atoms with E-state index < -0.39 is 0 Å².